The maximum atomic E-state index is 12.2. The summed E-state index contributed by atoms with van der Waals surface area (Å²) in [5.41, 5.74) is 1.85. The molecule has 2 heterocycles. The van der Waals surface area contributed by atoms with Gasteiger partial charge in [0, 0.05) is 11.5 Å². The van der Waals surface area contributed by atoms with Crippen molar-refractivity contribution in [1.82, 2.24) is 0 Å². The smallest absolute Gasteiger partial charge is 0.254 e. The molecule has 1 N–H and O–H groups in total. The van der Waals surface area contributed by atoms with Gasteiger partial charge in [0.25, 0.3) is 5.91 Å². The van der Waals surface area contributed by atoms with Crippen LogP contribution in [0.25, 0.3) is 0 Å². The summed E-state index contributed by atoms with van der Waals surface area (Å²) >= 11 is 1.59. The van der Waals surface area contributed by atoms with Gasteiger partial charge in [0.1, 0.15) is 17.2 Å². The molecule has 0 radical (unpaired) electrons. The van der Waals surface area contributed by atoms with Crippen molar-refractivity contribution in [3.05, 3.63) is 16.0 Å². The van der Waals surface area contributed by atoms with Gasteiger partial charge in [-0.15, -0.1) is 11.3 Å². The fraction of sp³-hybridized carbons (Fsp3) is 0.647. The van der Waals surface area contributed by atoms with Crippen LogP contribution in [-0.2, 0) is 22.4 Å². The molecule has 1 aliphatic carbocycles. The molecule has 4 nitrogen and oxygen atoms in total. The fourth-order valence-electron chi connectivity index (χ4n) is 3.49. The van der Waals surface area contributed by atoms with Crippen LogP contribution in [0, 0.1) is 17.2 Å². The van der Waals surface area contributed by atoms with E-state index in [0.29, 0.717) is 12.2 Å². The van der Waals surface area contributed by atoms with Crippen LogP contribution in [-0.4, -0.2) is 18.6 Å². The molecule has 5 heteroatoms. The molecule has 0 aromatic carbocycles. The first-order valence-corrected chi connectivity index (χ1v) is 9.01. The Bertz CT molecular complexity index is 597. The lowest BCUT2D eigenvalue weighted by molar-refractivity contribution is -0.124. The summed E-state index contributed by atoms with van der Waals surface area (Å²) in [4.78, 5) is 13.5. The standard InChI is InChI=1S/C17H22N2O2S/c1-2-4-11-6-7-12-13(10-18)17(22-15(12)9-11)19-16(20)14-5-3-8-21-14/h11,14H,2-9H2,1H3,(H,19,20)/t11-,14-/m1/s1. The van der Waals surface area contributed by atoms with Gasteiger partial charge < -0.3 is 10.1 Å². The van der Waals surface area contributed by atoms with E-state index in [2.05, 4.69) is 18.3 Å². The number of nitrogens with zero attached hydrogens (tertiary/aromatic N) is 1. The van der Waals surface area contributed by atoms with Crippen molar-refractivity contribution in [1.29, 1.82) is 5.26 Å². The molecule has 118 valence electrons. The van der Waals surface area contributed by atoms with Crippen LogP contribution in [0.4, 0.5) is 5.00 Å². The third kappa shape index (κ3) is 3.04. The number of thiophene rings is 1. The Hall–Kier alpha value is -1.38. The highest BCUT2D eigenvalue weighted by Crippen LogP contribution is 2.40. The molecular weight excluding hydrogens is 296 g/mol. The maximum absolute atomic E-state index is 12.2. The van der Waals surface area contributed by atoms with Gasteiger partial charge in [-0.05, 0) is 43.6 Å². The molecule has 1 fully saturated rings. The van der Waals surface area contributed by atoms with Crippen LogP contribution in [0.3, 0.4) is 0 Å². The van der Waals surface area contributed by atoms with Crippen LogP contribution in [0.2, 0.25) is 0 Å². The average Bonchev–Trinajstić information content (AvgIpc) is 3.14. The lowest BCUT2D eigenvalue weighted by atomic mass is 9.85. The monoisotopic (exact) mass is 318 g/mol. The Labute approximate surface area is 135 Å². The van der Waals surface area contributed by atoms with E-state index in [1.54, 1.807) is 11.3 Å². The van der Waals surface area contributed by atoms with Gasteiger partial charge in [0.15, 0.2) is 0 Å². The number of nitrogens with one attached hydrogen (secondary N) is 1. The number of hydrogen-bond acceptors (Lipinski definition) is 4. The summed E-state index contributed by atoms with van der Waals surface area (Å²) in [5.74, 6) is 0.627. The molecular formula is C17H22N2O2S. The first-order valence-electron chi connectivity index (χ1n) is 8.20. The Morgan fingerprint density at radius 1 is 1.50 bits per heavy atom. The van der Waals surface area contributed by atoms with Crippen LogP contribution in [0.15, 0.2) is 0 Å². The van der Waals surface area contributed by atoms with Crippen LogP contribution in [0.5, 0.6) is 0 Å². The zero-order chi connectivity index (χ0) is 15.5. The predicted molar refractivity (Wildman–Crippen MR) is 87.1 cm³/mol. The van der Waals surface area contributed by atoms with E-state index in [1.807, 2.05) is 0 Å². The zero-order valence-electron chi connectivity index (χ0n) is 13.0. The normalized spacial score (nSPS) is 23.8. The zero-order valence-corrected chi connectivity index (χ0v) is 13.8. The SMILES string of the molecule is CCC[C@@H]1CCc2c(sc(NC(=O)[C@H]3CCCO3)c2C#N)C1. The van der Waals surface area contributed by atoms with Gasteiger partial charge in [-0.1, -0.05) is 19.8 Å². The van der Waals surface area contributed by atoms with E-state index in [4.69, 9.17) is 4.74 Å². The minimum absolute atomic E-state index is 0.0993. The summed E-state index contributed by atoms with van der Waals surface area (Å²) in [7, 11) is 0. The minimum Gasteiger partial charge on any atom is -0.368 e. The molecule has 3 rings (SSSR count). The fourth-order valence-corrected chi connectivity index (χ4v) is 4.81. The van der Waals surface area contributed by atoms with Crippen molar-refractivity contribution in [2.24, 2.45) is 5.92 Å². The van der Waals surface area contributed by atoms with Crippen LogP contribution < -0.4 is 5.32 Å². The Morgan fingerprint density at radius 2 is 2.36 bits per heavy atom. The molecule has 2 atom stereocenters. The molecule has 0 saturated carbocycles. The number of amides is 1. The number of nitriles is 1. The van der Waals surface area contributed by atoms with E-state index in [-0.39, 0.29) is 12.0 Å². The second-order valence-electron chi connectivity index (χ2n) is 6.21. The van der Waals surface area contributed by atoms with E-state index in [9.17, 15) is 10.1 Å². The summed E-state index contributed by atoms with van der Waals surface area (Å²) in [6, 6.07) is 2.30. The van der Waals surface area contributed by atoms with Gasteiger partial charge in [0.2, 0.25) is 0 Å². The van der Waals surface area contributed by atoms with E-state index in [1.165, 1.54) is 23.3 Å². The average molecular weight is 318 g/mol. The lowest BCUT2D eigenvalue weighted by Crippen LogP contribution is -2.26. The first kappa shape index (κ1) is 15.5. The number of carbonyl (C=O) groups is 1. The van der Waals surface area contributed by atoms with Crippen molar-refractivity contribution in [3.8, 4) is 6.07 Å². The van der Waals surface area contributed by atoms with Gasteiger partial charge in [-0.2, -0.15) is 5.26 Å². The summed E-state index contributed by atoms with van der Waals surface area (Å²) in [6.07, 6.45) is 6.99. The molecule has 1 aromatic heterocycles. The number of anilines is 1. The van der Waals surface area contributed by atoms with Crippen LogP contribution in [0.1, 0.15) is 55.0 Å². The lowest BCUT2D eigenvalue weighted by Gasteiger charge is -2.21. The van der Waals surface area contributed by atoms with Crippen molar-refractivity contribution in [3.63, 3.8) is 0 Å². The molecule has 0 unspecified atom stereocenters. The molecule has 1 saturated heterocycles. The Balaban J connectivity index is 1.77. The van der Waals surface area contributed by atoms with E-state index in [0.717, 1.165) is 43.0 Å². The highest BCUT2D eigenvalue weighted by molar-refractivity contribution is 7.16. The largest absolute Gasteiger partial charge is 0.368 e. The molecule has 1 aliphatic heterocycles. The third-order valence-corrected chi connectivity index (χ3v) is 5.80. The number of rotatable bonds is 4. The number of fused-ring (bicyclic) bond motifs is 1. The molecule has 0 bridgehead atoms. The highest BCUT2D eigenvalue weighted by Gasteiger charge is 2.28. The minimum atomic E-state index is -0.349. The van der Waals surface area contributed by atoms with Gasteiger partial charge >= 0.3 is 0 Å². The van der Waals surface area contributed by atoms with Crippen LogP contribution >= 0.6 is 11.3 Å². The Morgan fingerprint density at radius 3 is 3.05 bits per heavy atom. The van der Waals surface area contributed by atoms with E-state index < -0.39 is 0 Å². The Kier molecular flexibility index (Phi) is 4.80. The van der Waals surface area contributed by atoms with Crippen molar-refractivity contribution >= 4 is 22.2 Å². The predicted octanol–water partition coefficient (Wildman–Crippen LogP) is 3.64. The topological polar surface area (TPSA) is 62.1 Å². The van der Waals surface area contributed by atoms with Gasteiger partial charge in [0.05, 0.1) is 5.56 Å². The summed E-state index contributed by atoms with van der Waals surface area (Å²) in [5, 5.41) is 13.2. The molecule has 22 heavy (non-hydrogen) atoms. The third-order valence-electron chi connectivity index (χ3n) is 4.63. The van der Waals surface area contributed by atoms with Crippen molar-refractivity contribution < 1.29 is 9.53 Å². The van der Waals surface area contributed by atoms with Gasteiger partial charge in [-0.25, -0.2) is 0 Å². The first-order chi connectivity index (χ1) is 10.7. The van der Waals surface area contributed by atoms with Gasteiger partial charge in [-0.3, -0.25) is 4.79 Å². The number of hydrogen-bond donors (Lipinski definition) is 1. The number of ether oxygens (including phenoxy) is 1. The summed E-state index contributed by atoms with van der Waals surface area (Å²) < 4.78 is 5.42. The molecule has 0 spiro atoms. The highest BCUT2D eigenvalue weighted by atomic mass is 32.1. The summed E-state index contributed by atoms with van der Waals surface area (Å²) in [6.45, 7) is 2.88. The van der Waals surface area contributed by atoms with Crippen molar-refractivity contribution in [2.45, 2.75) is 58.0 Å². The number of carbonyl (C=O) groups excluding carboxylic acids is 1. The molecule has 1 aromatic rings. The second-order valence-corrected chi connectivity index (χ2v) is 7.31. The van der Waals surface area contributed by atoms with E-state index >= 15 is 0 Å². The second kappa shape index (κ2) is 6.80. The quantitative estimate of drug-likeness (QED) is 0.922. The molecule has 1 amide bonds. The van der Waals surface area contributed by atoms with Crippen molar-refractivity contribution in [2.75, 3.05) is 11.9 Å². The molecule has 2 aliphatic rings. The maximum Gasteiger partial charge on any atom is 0.254 e.